The van der Waals surface area contributed by atoms with Crippen LogP contribution in [0.4, 0.5) is 0 Å². The van der Waals surface area contributed by atoms with Crippen molar-refractivity contribution < 1.29 is 23.8 Å². The minimum Gasteiger partial charge on any atom is -0.497 e. The van der Waals surface area contributed by atoms with E-state index < -0.39 is 11.6 Å². The second kappa shape index (κ2) is 10.4. The zero-order valence-electron chi connectivity index (χ0n) is 21.0. The van der Waals surface area contributed by atoms with E-state index in [0.29, 0.717) is 17.1 Å². The number of fused-ring (bicyclic) bond motifs is 1. The zero-order chi connectivity index (χ0) is 25.9. The Balaban J connectivity index is 1.69. The maximum absolute atomic E-state index is 12.4. The van der Waals surface area contributed by atoms with Gasteiger partial charge in [-0.25, -0.2) is 4.79 Å². The number of thiophene rings is 1. The second-order valence-corrected chi connectivity index (χ2v) is 10.3. The molecular formula is C30H28O5S. The summed E-state index contributed by atoms with van der Waals surface area (Å²) in [7, 11) is 1.64. The maximum Gasteiger partial charge on any atom is 0.331 e. The first-order valence-corrected chi connectivity index (χ1v) is 12.4. The number of Topliss-reactive ketones (excluding diaryl/α,β-unsaturated/α-hetero) is 1. The molecule has 0 amide bonds. The smallest absolute Gasteiger partial charge is 0.331 e. The summed E-state index contributed by atoms with van der Waals surface area (Å²) in [5, 5.41) is 0.933. The number of hydrogen-bond acceptors (Lipinski definition) is 6. The molecule has 0 N–H and O–H groups in total. The van der Waals surface area contributed by atoms with Gasteiger partial charge in [-0.3, -0.25) is 4.79 Å². The largest absolute Gasteiger partial charge is 0.497 e. The van der Waals surface area contributed by atoms with Crippen LogP contribution in [0.3, 0.4) is 0 Å². The van der Waals surface area contributed by atoms with Gasteiger partial charge in [-0.15, -0.1) is 11.3 Å². The number of carbonyl (C=O) groups excluding carboxylic acids is 2. The van der Waals surface area contributed by atoms with Gasteiger partial charge in [0.1, 0.15) is 17.1 Å². The highest BCUT2D eigenvalue weighted by atomic mass is 32.1. The van der Waals surface area contributed by atoms with E-state index >= 15 is 0 Å². The fourth-order valence-electron chi connectivity index (χ4n) is 3.71. The van der Waals surface area contributed by atoms with Gasteiger partial charge in [0.2, 0.25) is 0 Å². The van der Waals surface area contributed by atoms with Crippen LogP contribution in [0.15, 0.2) is 72.8 Å². The Morgan fingerprint density at radius 1 is 0.917 bits per heavy atom. The van der Waals surface area contributed by atoms with E-state index in [0.717, 1.165) is 31.8 Å². The molecule has 0 fully saturated rings. The van der Waals surface area contributed by atoms with Crippen LogP contribution in [0.2, 0.25) is 0 Å². The monoisotopic (exact) mass is 500 g/mol. The van der Waals surface area contributed by atoms with Gasteiger partial charge in [0, 0.05) is 27.3 Å². The Labute approximate surface area is 214 Å². The average Bonchev–Trinajstić information content (AvgIpc) is 3.19. The topological polar surface area (TPSA) is 61.8 Å². The van der Waals surface area contributed by atoms with Crippen molar-refractivity contribution in [3.8, 4) is 27.7 Å². The lowest BCUT2D eigenvalue weighted by Gasteiger charge is -2.17. The van der Waals surface area contributed by atoms with Crippen LogP contribution >= 0.6 is 11.3 Å². The molecule has 1 aromatic heterocycles. The van der Waals surface area contributed by atoms with Crippen LogP contribution in [-0.2, 0) is 9.53 Å². The third-order valence-electron chi connectivity index (χ3n) is 5.32. The summed E-state index contributed by atoms with van der Waals surface area (Å²) in [6.07, 6.45) is 3.12. The fourth-order valence-corrected chi connectivity index (χ4v) is 4.91. The van der Waals surface area contributed by atoms with Crippen molar-refractivity contribution in [1.29, 1.82) is 0 Å². The third-order valence-corrected chi connectivity index (χ3v) is 6.49. The standard InChI is InChI=1S/C30H28O5S/c1-19(31)23-8-6-7-9-24(23)29-28(25-16-15-22(33-5)18-26(25)36-29)34-21-13-10-20(11-14-21)12-17-27(32)35-30(2,3)4/h6-18H,1-5H3. The Bertz CT molecular complexity index is 1440. The van der Waals surface area contributed by atoms with Crippen LogP contribution in [0.1, 0.15) is 43.6 Å². The second-order valence-electron chi connectivity index (χ2n) is 9.26. The molecule has 0 radical (unpaired) electrons. The van der Waals surface area contributed by atoms with Gasteiger partial charge in [-0.1, -0.05) is 36.4 Å². The van der Waals surface area contributed by atoms with Gasteiger partial charge in [-0.2, -0.15) is 0 Å². The average molecular weight is 501 g/mol. The van der Waals surface area contributed by atoms with Crippen molar-refractivity contribution in [2.45, 2.75) is 33.3 Å². The highest BCUT2D eigenvalue weighted by molar-refractivity contribution is 7.22. The molecule has 184 valence electrons. The highest BCUT2D eigenvalue weighted by Gasteiger charge is 2.20. The van der Waals surface area contributed by atoms with E-state index in [1.807, 2.05) is 87.5 Å². The minimum atomic E-state index is -0.537. The van der Waals surface area contributed by atoms with E-state index in [4.69, 9.17) is 14.2 Å². The number of methoxy groups -OCH3 is 1. The minimum absolute atomic E-state index is 0.00675. The number of rotatable bonds is 7. The van der Waals surface area contributed by atoms with Crippen molar-refractivity contribution in [3.63, 3.8) is 0 Å². The van der Waals surface area contributed by atoms with Crippen molar-refractivity contribution in [2.75, 3.05) is 7.11 Å². The van der Waals surface area contributed by atoms with Gasteiger partial charge in [0.15, 0.2) is 11.5 Å². The van der Waals surface area contributed by atoms with E-state index in [1.165, 1.54) is 6.08 Å². The van der Waals surface area contributed by atoms with Crippen molar-refractivity contribution >= 4 is 39.3 Å². The van der Waals surface area contributed by atoms with Crippen molar-refractivity contribution in [1.82, 2.24) is 0 Å². The van der Waals surface area contributed by atoms with Gasteiger partial charge in [0.25, 0.3) is 0 Å². The molecule has 1 heterocycles. The molecule has 5 nitrogen and oxygen atoms in total. The molecule has 3 aromatic carbocycles. The number of ketones is 1. The lowest BCUT2D eigenvalue weighted by molar-refractivity contribution is -0.148. The first-order chi connectivity index (χ1) is 17.1. The first kappa shape index (κ1) is 25.2. The number of hydrogen-bond donors (Lipinski definition) is 0. The number of ether oxygens (including phenoxy) is 3. The summed E-state index contributed by atoms with van der Waals surface area (Å²) in [6.45, 7) is 7.06. The summed E-state index contributed by atoms with van der Waals surface area (Å²) in [6, 6.07) is 20.8. The maximum atomic E-state index is 12.4. The van der Waals surface area contributed by atoms with Crippen LogP contribution in [-0.4, -0.2) is 24.5 Å². The SMILES string of the molecule is COc1ccc2c(Oc3ccc(C=CC(=O)OC(C)(C)C)cc3)c(-c3ccccc3C(C)=O)sc2c1. The molecule has 0 saturated heterocycles. The molecule has 0 aliphatic rings. The number of esters is 1. The van der Waals surface area contributed by atoms with Crippen LogP contribution in [0.25, 0.3) is 26.6 Å². The Hall–Kier alpha value is -3.90. The van der Waals surface area contributed by atoms with E-state index in [1.54, 1.807) is 31.4 Å². The Morgan fingerprint density at radius 2 is 1.61 bits per heavy atom. The zero-order valence-corrected chi connectivity index (χ0v) is 21.8. The van der Waals surface area contributed by atoms with Crippen LogP contribution in [0.5, 0.6) is 17.2 Å². The third kappa shape index (κ3) is 5.83. The molecule has 6 heteroatoms. The quantitative estimate of drug-likeness (QED) is 0.146. The predicted octanol–water partition coefficient (Wildman–Crippen LogP) is 7.93. The number of carbonyl (C=O) groups is 2. The van der Waals surface area contributed by atoms with E-state index in [2.05, 4.69) is 0 Å². The molecule has 0 saturated carbocycles. The fraction of sp³-hybridized carbons (Fsp3) is 0.200. The lowest BCUT2D eigenvalue weighted by Crippen LogP contribution is -2.22. The van der Waals surface area contributed by atoms with E-state index in [-0.39, 0.29) is 5.78 Å². The van der Waals surface area contributed by atoms with Gasteiger partial charge in [0.05, 0.1) is 12.0 Å². The molecule has 4 rings (SSSR count). The van der Waals surface area contributed by atoms with Gasteiger partial charge in [-0.05, 0) is 69.7 Å². The molecule has 0 aliphatic carbocycles. The van der Waals surface area contributed by atoms with Crippen LogP contribution < -0.4 is 9.47 Å². The molecule has 4 aromatic rings. The molecule has 0 aliphatic heterocycles. The Kier molecular flexibility index (Phi) is 7.27. The summed E-state index contributed by atoms with van der Waals surface area (Å²) in [4.78, 5) is 25.2. The summed E-state index contributed by atoms with van der Waals surface area (Å²) < 4.78 is 18.1. The summed E-state index contributed by atoms with van der Waals surface area (Å²) >= 11 is 1.56. The molecule has 0 atom stereocenters. The summed E-state index contributed by atoms with van der Waals surface area (Å²) in [5.41, 5.74) is 1.78. The Morgan fingerprint density at radius 3 is 2.28 bits per heavy atom. The first-order valence-electron chi connectivity index (χ1n) is 11.5. The van der Waals surface area contributed by atoms with E-state index in [9.17, 15) is 9.59 Å². The van der Waals surface area contributed by atoms with Gasteiger partial charge >= 0.3 is 5.97 Å². The lowest BCUT2D eigenvalue weighted by atomic mass is 10.0. The van der Waals surface area contributed by atoms with Gasteiger partial charge < -0.3 is 14.2 Å². The highest BCUT2D eigenvalue weighted by Crippen LogP contribution is 2.48. The molecular weight excluding hydrogens is 472 g/mol. The molecule has 0 bridgehead atoms. The molecule has 36 heavy (non-hydrogen) atoms. The predicted molar refractivity (Wildman–Crippen MR) is 145 cm³/mol. The molecule has 0 unspecified atom stereocenters. The van der Waals surface area contributed by atoms with Crippen LogP contribution in [0, 0.1) is 0 Å². The van der Waals surface area contributed by atoms with Crippen molar-refractivity contribution in [2.24, 2.45) is 0 Å². The van der Waals surface area contributed by atoms with Crippen molar-refractivity contribution in [3.05, 3.63) is 83.9 Å². The number of benzene rings is 3. The summed E-state index contributed by atoms with van der Waals surface area (Å²) in [5.74, 6) is 1.68. The normalized spacial score (nSPS) is 11.6. The molecule has 0 spiro atoms.